The van der Waals surface area contributed by atoms with E-state index in [9.17, 15) is 0 Å². The maximum atomic E-state index is 3.88. The van der Waals surface area contributed by atoms with Gasteiger partial charge in [0.15, 0.2) is 0 Å². The second-order valence-electron chi connectivity index (χ2n) is 7.81. The molecule has 0 amide bonds. The number of hydrogen-bond donors (Lipinski definition) is 1. The number of hydrogen-bond acceptors (Lipinski definition) is 3. The molecule has 2 fully saturated rings. The highest BCUT2D eigenvalue weighted by Gasteiger charge is 2.39. The second-order valence-corrected chi connectivity index (χ2v) is 7.81. The van der Waals surface area contributed by atoms with Crippen LogP contribution in [0.4, 0.5) is 0 Å². The number of likely N-dealkylation sites (N-methyl/N-ethyl adjacent to an activating group) is 1. The van der Waals surface area contributed by atoms with E-state index in [0.717, 1.165) is 17.9 Å². The van der Waals surface area contributed by atoms with Crippen molar-refractivity contribution >= 4 is 0 Å². The average Bonchev–Trinajstić information content (AvgIpc) is 2.57. The lowest BCUT2D eigenvalue weighted by Gasteiger charge is -2.48. The van der Waals surface area contributed by atoms with Crippen molar-refractivity contribution in [2.45, 2.75) is 71.5 Å². The minimum absolute atomic E-state index is 0.685. The van der Waals surface area contributed by atoms with E-state index in [1.54, 1.807) is 0 Å². The molecule has 0 spiro atoms. The summed E-state index contributed by atoms with van der Waals surface area (Å²) in [5, 5.41) is 3.88. The molecule has 5 unspecified atom stereocenters. The highest BCUT2D eigenvalue weighted by molar-refractivity contribution is 4.96. The first-order chi connectivity index (χ1) is 10.0. The van der Waals surface area contributed by atoms with Gasteiger partial charge in [-0.1, -0.05) is 20.8 Å². The second kappa shape index (κ2) is 7.94. The van der Waals surface area contributed by atoms with Crippen LogP contribution in [0.15, 0.2) is 0 Å². The van der Waals surface area contributed by atoms with Crippen LogP contribution in [0.5, 0.6) is 0 Å². The standard InChI is InChI=1S/C18H37N3/c1-6-8-19-17-12-14(2)11-15(3)18(17)21-10-7-9-20(5)13-16(21)4/h14-19H,6-13H2,1-5H3. The third-order valence-corrected chi connectivity index (χ3v) is 5.56. The van der Waals surface area contributed by atoms with E-state index in [0.29, 0.717) is 12.1 Å². The first kappa shape index (κ1) is 17.2. The fourth-order valence-electron chi connectivity index (χ4n) is 4.77. The van der Waals surface area contributed by atoms with Crippen molar-refractivity contribution in [2.24, 2.45) is 11.8 Å². The summed E-state index contributed by atoms with van der Waals surface area (Å²) in [4.78, 5) is 5.35. The third kappa shape index (κ3) is 4.43. The molecule has 1 aliphatic heterocycles. The minimum atomic E-state index is 0.685. The molecule has 1 saturated heterocycles. The van der Waals surface area contributed by atoms with Crippen LogP contribution in [0.1, 0.15) is 53.4 Å². The zero-order valence-corrected chi connectivity index (χ0v) is 14.9. The van der Waals surface area contributed by atoms with Gasteiger partial charge in [-0.05, 0) is 64.6 Å². The Kier molecular flexibility index (Phi) is 6.51. The summed E-state index contributed by atoms with van der Waals surface area (Å²) in [6, 6.07) is 2.10. The molecule has 5 atom stereocenters. The molecule has 0 aromatic heterocycles. The molecule has 1 saturated carbocycles. The summed E-state index contributed by atoms with van der Waals surface area (Å²) >= 11 is 0. The van der Waals surface area contributed by atoms with Crippen molar-refractivity contribution < 1.29 is 0 Å². The predicted molar refractivity (Wildman–Crippen MR) is 91.7 cm³/mol. The molecule has 2 rings (SSSR count). The fourth-order valence-corrected chi connectivity index (χ4v) is 4.77. The first-order valence-electron chi connectivity index (χ1n) is 9.20. The van der Waals surface area contributed by atoms with Gasteiger partial charge in [0.25, 0.3) is 0 Å². The third-order valence-electron chi connectivity index (χ3n) is 5.56. The van der Waals surface area contributed by atoms with Crippen LogP contribution in [0, 0.1) is 11.8 Å². The molecule has 0 bridgehead atoms. The molecule has 0 radical (unpaired) electrons. The van der Waals surface area contributed by atoms with Crippen LogP contribution >= 0.6 is 0 Å². The van der Waals surface area contributed by atoms with Crippen molar-refractivity contribution in [3.63, 3.8) is 0 Å². The normalized spacial score (nSPS) is 40.1. The van der Waals surface area contributed by atoms with Crippen molar-refractivity contribution in [1.29, 1.82) is 0 Å². The lowest BCUT2D eigenvalue weighted by molar-refractivity contribution is 0.0367. The molecule has 0 aromatic rings. The van der Waals surface area contributed by atoms with E-state index in [4.69, 9.17) is 0 Å². The number of nitrogens with zero attached hydrogens (tertiary/aromatic N) is 2. The average molecular weight is 296 g/mol. The van der Waals surface area contributed by atoms with Gasteiger partial charge in [-0.2, -0.15) is 0 Å². The number of rotatable bonds is 4. The number of nitrogens with one attached hydrogen (secondary N) is 1. The Morgan fingerprint density at radius 1 is 1.10 bits per heavy atom. The van der Waals surface area contributed by atoms with Gasteiger partial charge in [0.05, 0.1) is 0 Å². The highest BCUT2D eigenvalue weighted by Crippen LogP contribution is 2.34. The Balaban J connectivity index is 2.11. The predicted octanol–water partition coefficient (Wildman–Crippen LogP) is 2.82. The molecule has 3 nitrogen and oxygen atoms in total. The van der Waals surface area contributed by atoms with E-state index in [2.05, 4.69) is 49.9 Å². The largest absolute Gasteiger partial charge is 0.312 e. The molecule has 1 N–H and O–H groups in total. The van der Waals surface area contributed by atoms with Crippen molar-refractivity contribution in [2.75, 3.05) is 33.2 Å². The zero-order chi connectivity index (χ0) is 15.4. The van der Waals surface area contributed by atoms with Crippen LogP contribution in [-0.2, 0) is 0 Å². The van der Waals surface area contributed by atoms with Crippen LogP contribution in [0.3, 0.4) is 0 Å². The summed E-state index contributed by atoms with van der Waals surface area (Å²) < 4.78 is 0. The Morgan fingerprint density at radius 3 is 2.57 bits per heavy atom. The van der Waals surface area contributed by atoms with Gasteiger partial charge >= 0.3 is 0 Å². The van der Waals surface area contributed by atoms with Crippen LogP contribution in [0.2, 0.25) is 0 Å². The van der Waals surface area contributed by atoms with Gasteiger partial charge < -0.3 is 10.2 Å². The van der Waals surface area contributed by atoms with Gasteiger partial charge in [-0.15, -0.1) is 0 Å². The lowest BCUT2D eigenvalue weighted by Crippen LogP contribution is -2.59. The van der Waals surface area contributed by atoms with Gasteiger partial charge in [-0.25, -0.2) is 0 Å². The molecule has 3 heteroatoms. The quantitative estimate of drug-likeness (QED) is 0.860. The summed E-state index contributed by atoms with van der Waals surface area (Å²) in [6.07, 6.45) is 5.31. The van der Waals surface area contributed by atoms with E-state index in [1.807, 2.05) is 0 Å². The fraction of sp³-hybridized carbons (Fsp3) is 1.00. The topological polar surface area (TPSA) is 18.5 Å². The lowest BCUT2D eigenvalue weighted by atomic mass is 9.75. The molecule has 124 valence electrons. The maximum absolute atomic E-state index is 3.88. The molecular weight excluding hydrogens is 258 g/mol. The van der Waals surface area contributed by atoms with E-state index >= 15 is 0 Å². The molecule has 1 heterocycles. The summed E-state index contributed by atoms with van der Waals surface area (Å²) in [5.74, 6) is 1.68. The Labute approximate surface area is 132 Å². The smallest absolute Gasteiger partial charge is 0.0278 e. The first-order valence-corrected chi connectivity index (χ1v) is 9.20. The van der Waals surface area contributed by atoms with Crippen LogP contribution in [-0.4, -0.2) is 61.2 Å². The summed E-state index contributed by atoms with van der Waals surface area (Å²) in [7, 11) is 2.28. The van der Waals surface area contributed by atoms with E-state index in [-0.39, 0.29) is 0 Å². The Hall–Kier alpha value is -0.120. The van der Waals surface area contributed by atoms with Gasteiger partial charge in [-0.3, -0.25) is 4.90 Å². The Morgan fingerprint density at radius 2 is 1.86 bits per heavy atom. The van der Waals surface area contributed by atoms with Crippen molar-refractivity contribution in [1.82, 2.24) is 15.1 Å². The summed E-state index contributed by atoms with van der Waals surface area (Å²) in [6.45, 7) is 14.6. The van der Waals surface area contributed by atoms with Gasteiger partial charge in [0.2, 0.25) is 0 Å². The maximum Gasteiger partial charge on any atom is 0.0278 e. The molecule has 2 aliphatic rings. The highest BCUT2D eigenvalue weighted by atomic mass is 15.3. The Bertz CT molecular complexity index is 307. The molecule has 1 aliphatic carbocycles. The zero-order valence-electron chi connectivity index (χ0n) is 14.9. The van der Waals surface area contributed by atoms with Crippen molar-refractivity contribution in [3.05, 3.63) is 0 Å². The SMILES string of the molecule is CCCNC1CC(C)CC(C)C1N1CCCN(C)CC1C. The molecule has 0 aromatic carbocycles. The van der Waals surface area contributed by atoms with Gasteiger partial charge in [0.1, 0.15) is 0 Å². The minimum Gasteiger partial charge on any atom is -0.312 e. The van der Waals surface area contributed by atoms with Gasteiger partial charge in [0, 0.05) is 31.2 Å². The van der Waals surface area contributed by atoms with E-state index < -0.39 is 0 Å². The summed E-state index contributed by atoms with van der Waals surface area (Å²) in [5.41, 5.74) is 0. The monoisotopic (exact) mass is 295 g/mol. The van der Waals surface area contributed by atoms with E-state index in [1.165, 1.54) is 51.9 Å². The molecular formula is C18H37N3. The van der Waals surface area contributed by atoms with Crippen LogP contribution < -0.4 is 5.32 Å². The van der Waals surface area contributed by atoms with Crippen molar-refractivity contribution in [3.8, 4) is 0 Å². The molecule has 21 heavy (non-hydrogen) atoms. The van der Waals surface area contributed by atoms with Crippen LogP contribution in [0.25, 0.3) is 0 Å².